The van der Waals surface area contributed by atoms with Crippen LogP contribution in [0.3, 0.4) is 0 Å². The highest BCUT2D eigenvalue weighted by Gasteiger charge is 2.45. The molecule has 0 aromatic heterocycles. The fourth-order valence-electron chi connectivity index (χ4n) is 4.80. The van der Waals surface area contributed by atoms with Crippen molar-refractivity contribution in [1.29, 1.82) is 0 Å². The van der Waals surface area contributed by atoms with Gasteiger partial charge in [-0.15, -0.1) is 0 Å². The van der Waals surface area contributed by atoms with E-state index < -0.39 is 6.10 Å². The van der Waals surface area contributed by atoms with Crippen molar-refractivity contribution in [2.75, 3.05) is 41.7 Å². The largest absolute Gasteiger partial charge is 0.493 e. The summed E-state index contributed by atoms with van der Waals surface area (Å²) in [5.41, 5.74) is 4.72. The molecule has 0 amide bonds. The average Bonchev–Trinajstić information content (AvgIpc) is 3.19. The molecule has 2 heterocycles. The van der Waals surface area contributed by atoms with E-state index in [2.05, 4.69) is 4.90 Å². The van der Waals surface area contributed by atoms with Gasteiger partial charge < -0.3 is 28.8 Å². The van der Waals surface area contributed by atoms with E-state index in [1.165, 1.54) is 0 Å². The molecule has 0 radical (unpaired) electrons. The lowest BCUT2D eigenvalue weighted by molar-refractivity contribution is 0.0537. The lowest BCUT2D eigenvalue weighted by atomic mass is 9.74. The minimum atomic E-state index is -0.712. The van der Waals surface area contributed by atoms with Crippen LogP contribution in [-0.4, -0.2) is 51.7 Å². The summed E-state index contributed by atoms with van der Waals surface area (Å²) >= 11 is 0. The molecule has 1 N–H and O–H groups in total. The van der Waals surface area contributed by atoms with E-state index in [1.807, 2.05) is 19.2 Å². The SMILES string of the molecule is COc1cc2c(cc1OC)[C@@H](O)[C@@H]1c3c(c(OC)c4c(c3-2)OCO4)CCN1C. The van der Waals surface area contributed by atoms with Crippen LogP contribution in [0.25, 0.3) is 11.1 Å². The zero-order chi connectivity index (χ0) is 19.6. The van der Waals surface area contributed by atoms with Crippen LogP contribution in [0, 0.1) is 0 Å². The van der Waals surface area contributed by atoms with Gasteiger partial charge in [-0.05, 0) is 42.3 Å². The Morgan fingerprint density at radius 1 is 1.04 bits per heavy atom. The molecule has 2 aromatic carbocycles. The Bertz CT molecular complexity index is 972. The quantitative estimate of drug-likeness (QED) is 0.871. The molecule has 1 aliphatic carbocycles. The summed E-state index contributed by atoms with van der Waals surface area (Å²) in [6.45, 7) is 0.958. The number of hydrogen-bond acceptors (Lipinski definition) is 7. The summed E-state index contributed by atoms with van der Waals surface area (Å²) in [4.78, 5) is 2.18. The van der Waals surface area contributed by atoms with Crippen molar-refractivity contribution in [3.63, 3.8) is 0 Å². The third-order valence-electron chi connectivity index (χ3n) is 6.05. The predicted octanol–water partition coefficient (Wildman–Crippen LogP) is 2.68. The first-order chi connectivity index (χ1) is 13.6. The molecule has 0 fully saturated rings. The maximum absolute atomic E-state index is 11.3. The predicted molar refractivity (Wildman–Crippen MR) is 102 cm³/mol. The van der Waals surface area contributed by atoms with E-state index >= 15 is 0 Å². The standard InChI is InChI=1S/C21H23NO6/c1-22-6-5-10-15-16(20-21(19(10)26-4)28-9-27-20)11-7-13(24-2)14(25-3)8-12(11)18(23)17(15)22/h7-8,17-18,23H,5-6,9H2,1-4H3/t17-,18+/m0/s1. The Morgan fingerprint density at radius 2 is 1.75 bits per heavy atom. The number of benzene rings is 2. The van der Waals surface area contributed by atoms with Crippen LogP contribution in [-0.2, 0) is 6.42 Å². The van der Waals surface area contributed by atoms with Crippen molar-refractivity contribution in [3.8, 4) is 39.9 Å². The molecule has 0 unspecified atom stereocenters. The molecule has 28 heavy (non-hydrogen) atoms. The molecular formula is C21H23NO6. The molecule has 148 valence electrons. The number of rotatable bonds is 3. The topological polar surface area (TPSA) is 69.6 Å². The van der Waals surface area contributed by atoms with E-state index in [4.69, 9.17) is 23.7 Å². The van der Waals surface area contributed by atoms with Crippen LogP contribution in [0.1, 0.15) is 28.8 Å². The van der Waals surface area contributed by atoms with Crippen molar-refractivity contribution in [1.82, 2.24) is 4.90 Å². The molecule has 7 nitrogen and oxygen atoms in total. The summed E-state index contributed by atoms with van der Waals surface area (Å²) in [7, 11) is 6.88. The molecule has 0 saturated heterocycles. The lowest BCUT2D eigenvalue weighted by Crippen LogP contribution is -2.38. The minimum absolute atomic E-state index is 0.146. The molecule has 0 saturated carbocycles. The molecule has 3 aliphatic rings. The molecule has 2 aliphatic heterocycles. The number of nitrogens with zero attached hydrogens (tertiary/aromatic N) is 1. The van der Waals surface area contributed by atoms with Gasteiger partial charge in [0.2, 0.25) is 12.5 Å². The molecule has 0 spiro atoms. The first-order valence-corrected chi connectivity index (χ1v) is 9.27. The van der Waals surface area contributed by atoms with E-state index in [-0.39, 0.29) is 12.8 Å². The summed E-state index contributed by atoms with van der Waals surface area (Å²) in [6.07, 6.45) is 0.0984. The smallest absolute Gasteiger partial charge is 0.231 e. The Labute approximate surface area is 163 Å². The van der Waals surface area contributed by atoms with Gasteiger partial charge in [0.15, 0.2) is 23.0 Å². The third-order valence-corrected chi connectivity index (χ3v) is 6.05. The van der Waals surface area contributed by atoms with Gasteiger partial charge in [0.25, 0.3) is 0 Å². The van der Waals surface area contributed by atoms with E-state index in [1.54, 1.807) is 21.3 Å². The summed E-state index contributed by atoms with van der Waals surface area (Å²) < 4.78 is 28.4. The second-order valence-electron chi connectivity index (χ2n) is 7.28. The average molecular weight is 385 g/mol. The summed E-state index contributed by atoms with van der Waals surface area (Å²) in [6, 6.07) is 3.57. The maximum Gasteiger partial charge on any atom is 0.231 e. The fraction of sp³-hybridized carbons (Fsp3) is 0.429. The van der Waals surface area contributed by atoms with Gasteiger partial charge in [-0.2, -0.15) is 0 Å². The van der Waals surface area contributed by atoms with E-state index in [0.29, 0.717) is 28.7 Å². The van der Waals surface area contributed by atoms with Gasteiger partial charge in [0, 0.05) is 17.7 Å². The number of aliphatic hydroxyl groups excluding tert-OH is 1. The van der Waals surface area contributed by atoms with Crippen LogP contribution in [0.4, 0.5) is 0 Å². The highest BCUT2D eigenvalue weighted by atomic mass is 16.7. The van der Waals surface area contributed by atoms with Crippen LogP contribution >= 0.6 is 0 Å². The van der Waals surface area contributed by atoms with Crippen molar-refractivity contribution in [2.45, 2.75) is 18.6 Å². The Balaban J connectivity index is 1.90. The zero-order valence-electron chi connectivity index (χ0n) is 16.4. The highest BCUT2D eigenvalue weighted by Crippen LogP contribution is 2.61. The lowest BCUT2D eigenvalue weighted by Gasteiger charge is -2.43. The van der Waals surface area contributed by atoms with Gasteiger partial charge in [0.05, 0.1) is 33.5 Å². The fourth-order valence-corrected chi connectivity index (χ4v) is 4.80. The molecular weight excluding hydrogens is 362 g/mol. The van der Waals surface area contributed by atoms with Crippen LogP contribution in [0.2, 0.25) is 0 Å². The van der Waals surface area contributed by atoms with Crippen molar-refractivity contribution in [3.05, 3.63) is 28.8 Å². The minimum Gasteiger partial charge on any atom is -0.493 e. The number of ether oxygens (including phenoxy) is 5. The van der Waals surface area contributed by atoms with Gasteiger partial charge in [0.1, 0.15) is 0 Å². The number of methoxy groups -OCH3 is 3. The molecule has 5 rings (SSSR count). The van der Waals surface area contributed by atoms with Crippen LogP contribution in [0.5, 0.6) is 28.7 Å². The normalized spacial score (nSPS) is 21.8. The number of aliphatic hydroxyl groups is 1. The van der Waals surface area contributed by atoms with Crippen molar-refractivity contribution in [2.24, 2.45) is 0 Å². The molecule has 2 aromatic rings. The summed E-state index contributed by atoms with van der Waals surface area (Å²) in [5.74, 6) is 3.20. The molecule has 0 bridgehead atoms. The van der Waals surface area contributed by atoms with Gasteiger partial charge in [-0.1, -0.05) is 0 Å². The van der Waals surface area contributed by atoms with E-state index in [9.17, 15) is 5.11 Å². The number of likely N-dealkylation sites (N-methyl/N-ethyl adjacent to an activating group) is 1. The maximum atomic E-state index is 11.3. The summed E-state index contributed by atoms with van der Waals surface area (Å²) in [5, 5.41) is 11.3. The third kappa shape index (κ3) is 2.11. The van der Waals surface area contributed by atoms with Crippen LogP contribution in [0.15, 0.2) is 12.1 Å². The van der Waals surface area contributed by atoms with Gasteiger partial charge in [-0.25, -0.2) is 0 Å². The Morgan fingerprint density at radius 3 is 2.46 bits per heavy atom. The van der Waals surface area contributed by atoms with E-state index in [0.717, 1.165) is 40.8 Å². The Kier molecular flexibility index (Phi) is 3.86. The van der Waals surface area contributed by atoms with Crippen molar-refractivity contribution >= 4 is 0 Å². The highest BCUT2D eigenvalue weighted by molar-refractivity contribution is 5.88. The second kappa shape index (κ2) is 6.18. The van der Waals surface area contributed by atoms with Crippen molar-refractivity contribution < 1.29 is 28.8 Å². The zero-order valence-corrected chi connectivity index (χ0v) is 16.4. The first kappa shape index (κ1) is 17.5. The second-order valence-corrected chi connectivity index (χ2v) is 7.28. The van der Waals surface area contributed by atoms with Gasteiger partial charge in [-0.3, -0.25) is 4.90 Å². The van der Waals surface area contributed by atoms with Crippen LogP contribution < -0.4 is 23.7 Å². The molecule has 2 atom stereocenters. The number of hydrogen-bond donors (Lipinski definition) is 1. The monoisotopic (exact) mass is 385 g/mol. The number of fused-ring (bicyclic) bond motifs is 4. The molecule has 7 heteroatoms. The van der Waals surface area contributed by atoms with Gasteiger partial charge >= 0.3 is 0 Å². The Hall–Kier alpha value is -2.64. The first-order valence-electron chi connectivity index (χ1n) is 9.27.